The molecule has 166 valence electrons. The molecule has 0 atom stereocenters. The van der Waals surface area contributed by atoms with Gasteiger partial charge in [0.1, 0.15) is 18.9 Å². The van der Waals surface area contributed by atoms with Crippen LogP contribution in [0.3, 0.4) is 0 Å². The lowest BCUT2D eigenvalue weighted by atomic mass is 10.1. The molecule has 5 rings (SSSR count). The summed E-state index contributed by atoms with van der Waals surface area (Å²) in [6, 6.07) is 21.5. The summed E-state index contributed by atoms with van der Waals surface area (Å²) >= 11 is 0. The van der Waals surface area contributed by atoms with Crippen LogP contribution in [0.2, 0.25) is 0 Å². The fraction of sp³-hybridized carbons (Fsp3) is 0.0833. The van der Waals surface area contributed by atoms with E-state index >= 15 is 0 Å². The molecule has 0 radical (unpaired) electrons. The van der Waals surface area contributed by atoms with Crippen molar-refractivity contribution in [2.24, 2.45) is 10.1 Å². The van der Waals surface area contributed by atoms with Crippen LogP contribution in [-0.4, -0.2) is 37.6 Å². The SMILES string of the molecule is NS(=O)(=O)c1ccc(N=Cc2cn(-c3ccccc3)nc2-c2ccc3c(c2)OCCO3)cc1. The predicted molar refractivity (Wildman–Crippen MR) is 125 cm³/mol. The molecule has 1 aromatic heterocycles. The Kier molecular flexibility index (Phi) is 5.41. The Bertz CT molecular complexity index is 1430. The number of sulfonamides is 1. The Hall–Kier alpha value is -3.95. The summed E-state index contributed by atoms with van der Waals surface area (Å²) in [4.78, 5) is 4.55. The summed E-state index contributed by atoms with van der Waals surface area (Å²) in [5, 5.41) is 9.96. The van der Waals surface area contributed by atoms with Gasteiger partial charge in [-0.15, -0.1) is 0 Å². The number of nitrogens with two attached hydrogens (primary N) is 1. The molecule has 0 unspecified atom stereocenters. The van der Waals surface area contributed by atoms with Gasteiger partial charge in [-0.05, 0) is 54.6 Å². The second kappa shape index (κ2) is 8.53. The van der Waals surface area contributed by atoms with Crippen LogP contribution >= 0.6 is 0 Å². The lowest BCUT2D eigenvalue weighted by Gasteiger charge is -2.18. The molecule has 33 heavy (non-hydrogen) atoms. The molecule has 0 aliphatic carbocycles. The van der Waals surface area contributed by atoms with Crippen LogP contribution in [-0.2, 0) is 10.0 Å². The summed E-state index contributed by atoms with van der Waals surface area (Å²) in [5.41, 5.74) is 3.86. The number of para-hydroxylation sites is 1. The third-order valence-electron chi connectivity index (χ3n) is 5.10. The van der Waals surface area contributed by atoms with Crippen LogP contribution in [0.4, 0.5) is 5.69 Å². The van der Waals surface area contributed by atoms with E-state index in [0.29, 0.717) is 30.4 Å². The average Bonchev–Trinajstić information content (AvgIpc) is 3.27. The molecule has 1 aliphatic rings. The molecule has 0 bridgehead atoms. The van der Waals surface area contributed by atoms with E-state index in [9.17, 15) is 8.42 Å². The van der Waals surface area contributed by atoms with E-state index in [1.807, 2.05) is 54.7 Å². The zero-order valence-corrected chi connectivity index (χ0v) is 18.3. The molecule has 0 saturated carbocycles. The fourth-order valence-electron chi connectivity index (χ4n) is 3.48. The zero-order chi connectivity index (χ0) is 22.8. The summed E-state index contributed by atoms with van der Waals surface area (Å²) in [7, 11) is -3.75. The molecule has 0 fully saturated rings. The van der Waals surface area contributed by atoms with Crippen LogP contribution in [0.1, 0.15) is 5.56 Å². The van der Waals surface area contributed by atoms with Crippen molar-refractivity contribution in [3.05, 3.63) is 84.6 Å². The van der Waals surface area contributed by atoms with E-state index in [4.69, 9.17) is 19.7 Å². The van der Waals surface area contributed by atoms with Crippen LogP contribution < -0.4 is 14.6 Å². The first kappa shape index (κ1) is 20.9. The van der Waals surface area contributed by atoms with Crippen molar-refractivity contribution in [1.29, 1.82) is 0 Å². The van der Waals surface area contributed by atoms with E-state index < -0.39 is 10.0 Å². The van der Waals surface area contributed by atoms with E-state index in [1.165, 1.54) is 12.1 Å². The highest BCUT2D eigenvalue weighted by molar-refractivity contribution is 7.89. The van der Waals surface area contributed by atoms with Gasteiger partial charge in [-0.1, -0.05) is 18.2 Å². The molecule has 9 heteroatoms. The van der Waals surface area contributed by atoms with Gasteiger partial charge in [-0.3, -0.25) is 4.99 Å². The first-order chi connectivity index (χ1) is 16.0. The van der Waals surface area contributed by atoms with Crippen LogP contribution in [0.15, 0.2) is 88.9 Å². The third-order valence-corrected chi connectivity index (χ3v) is 6.03. The lowest BCUT2D eigenvalue weighted by molar-refractivity contribution is 0.171. The second-order valence-corrected chi connectivity index (χ2v) is 8.93. The summed E-state index contributed by atoms with van der Waals surface area (Å²) in [6.45, 7) is 1.02. The van der Waals surface area contributed by atoms with Crippen molar-refractivity contribution < 1.29 is 17.9 Å². The van der Waals surface area contributed by atoms with Crippen molar-refractivity contribution in [3.63, 3.8) is 0 Å². The number of hydrogen-bond acceptors (Lipinski definition) is 6. The van der Waals surface area contributed by atoms with Crippen LogP contribution in [0.5, 0.6) is 11.5 Å². The number of nitrogens with zero attached hydrogens (tertiary/aromatic N) is 3. The maximum Gasteiger partial charge on any atom is 0.238 e. The monoisotopic (exact) mass is 460 g/mol. The maximum atomic E-state index is 11.5. The molecular weight excluding hydrogens is 440 g/mol. The summed E-state index contributed by atoms with van der Waals surface area (Å²) in [5.74, 6) is 1.38. The van der Waals surface area contributed by atoms with Crippen molar-refractivity contribution in [1.82, 2.24) is 9.78 Å². The van der Waals surface area contributed by atoms with Gasteiger partial charge in [0.05, 0.1) is 16.3 Å². The highest BCUT2D eigenvalue weighted by Gasteiger charge is 2.16. The van der Waals surface area contributed by atoms with Crippen molar-refractivity contribution in [2.75, 3.05) is 13.2 Å². The minimum Gasteiger partial charge on any atom is -0.486 e. The molecular formula is C24H20N4O4S. The van der Waals surface area contributed by atoms with Crippen LogP contribution in [0, 0.1) is 0 Å². The van der Waals surface area contributed by atoms with Gasteiger partial charge < -0.3 is 9.47 Å². The zero-order valence-electron chi connectivity index (χ0n) is 17.5. The molecule has 1 aliphatic heterocycles. The largest absolute Gasteiger partial charge is 0.486 e. The molecule has 2 N–H and O–H groups in total. The fourth-order valence-corrected chi connectivity index (χ4v) is 3.99. The number of benzene rings is 3. The summed E-state index contributed by atoms with van der Waals surface area (Å²) in [6.07, 6.45) is 3.59. The van der Waals surface area contributed by atoms with Gasteiger partial charge in [0, 0.05) is 23.5 Å². The molecule has 0 saturated heterocycles. The number of rotatable bonds is 5. The molecule has 8 nitrogen and oxygen atoms in total. The van der Waals surface area contributed by atoms with E-state index in [1.54, 1.807) is 23.0 Å². The quantitative estimate of drug-likeness (QED) is 0.457. The van der Waals surface area contributed by atoms with Crippen LogP contribution in [0.25, 0.3) is 16.9 Å². The Balaban J connectivity index is 1.54. The first-order valence-corrected chi connectivity index (χ1v) is 11.7. The molecule has 4 aromatic rings. The minimum absolute atomic E-state index is 0.0373. The van der Waals surface area contributed by atoms with Gasteiger partial charge >= 0.3 is 0 Å². The Morgan fingerprint density at radius 3 is 2.39 bits per heavy atom. The number of ether oxygens (including phenoxy) is 2. The molecule has 2 heterocycles. The topological polar surface area (TPSA) is 109 Å². The van der Waals surface area contributed by atoms with Gasteiger partial charge in [-0.2, -0.15) is 5.10 Å². The highest BCUT2D eigenvalue weighted by atomic mass is 32.2. The Morgan fingerprint density at radius 1 is 0.939 bits per heavy atom. The second-order valence-electron chi connectivity index (χ2n) is 7.37. The van der Waals surface area contributed by atoms with Crippen molar-refractivity contribution in [2.45, 2.75) is 4.90 Å². The Labute approximate surface area is 191 Å². The Morgan fingerprint density at radius 2 is 1.67 bits per heavy atom. The first-order valence-electron chi connectivity index (χ1n) is 10.2. The number of fused-ring (bicyclic) bond motifs is 1. The maximum absolute atomic E-state index is 11.5. The number of aromatic nitrogens is 2. The van der Waals surface area contributed by atoms with Gasteiger partial charge in [0.25, 0.3) is 0 Å². The molecule has 0 amide bonds. The number of aliphatic imine (C=N–C) groups is 1. The van der Waals surface area contributed by atoms with E-state index in [0.717, 1.165) is 22.5 Å². The average molecular weight is 461 g/mol. The number of primary sulfonamides is 1. The standard InChI is InChI=1S/C24H20N4O4S/c25-33(29,30)21-9-7-19(8-10-21)26-15-18-16-28(20-4-2-1-3-5-20)27-24(18)17-6-11-22-23(14-17)32-13-12-31-22/h1-11,14-16H,12-13H2,(H2,25,29,30). The van der Waals surface area contributed by atoms with Crippen molar-refractivity contribution >= 4 is 21.9 Å². The molecule has 0 spiro atoms. The van der Waals surface area contributed by atoms with E-state index in [-0.39, 0.29) is 4.90 Å². The third kappa shape index (κ3) is 4.50. The van der Waals surface area contributed by atoms with Gasteiger partial charge in [0.2, 0.25) is 10.0 Å². The van der Waals surface area contributed by atoms with E-state index in [2.05, 4.69) is 4.99 Å². The summed E-state index contributed by atoms with van der Waals surface area (Å²) < 4.78 is 36.1. The lowest BCUT2D eigenvalue weighted by Crippen LogP contribution is -2.15. The van der Waals surface area contributed by atoms with Crippen molar-refractivity contribution in [3.8, 4) is 28.4 Å². The minimum atomic E-state index is -3.75. The normalized spacial score (nSPS) is 13.4. The smallest absolute Gasteiger partial charge is 0.238 e. The highest BCUT2D eigenvalue weighted by Crippen LogP contribution is 2.35. The van der Waals surface area contributed by atoms with Gasteiger partial charge in [-0.25, -0.2) is 18.2 Å². The predicted octanol–water partition coefficient (Wildman–Crippen LogP) is 3.71. The van der Waals surface area contributed by atoms with Gasteiger partial charge in [0.15, 0.2) is 11.5 Å². The molecule has 3 aromatic carbocycles. The number of hydrogen-bond donors (Lipinski definition) is 1.